The maximum absolute atomic E-state index is 7.63. The van der Waals surface area contributed by atoms with Crippen molar-refractivity contribution in [2.24, 2.45) is 0 Å². The second-order valence-electron chi connectivity index (χ2n) is 6.86. The maximum Gasteiger partial charge on any atom is 0.0704 e. The fourth-order valence-corrected chi connectivity index (χ4v) is 3.60. The SMILES string of the molecule is [2H]C([2H])([2H])c1ccnc(-c2ccc3c(c2)C(C)(C)c2cc(C)ccc2-3)c1. The van der Waals surface area contributed by atoms with Gasteiger partial charge in [0, 0.05) is 21.3 Å². The molecule has 4 rings (SSSR count). The molecule has 0 saturated carbocycles. The van der Waals surface area contributed by atoms with Gasteiger partial charge in [-0.1, -0.05) is 49.7 Å². The fraction of sp³-hybridized carbons (Fsp3) is 0.227. The fourth-order valence-electron chi connectivity index (χ4n) is 3.60. The topological polar surface area (TPSA) is 12.9 Å². The first-order valence-corrected chi connectivity index (χ1v) is 7.91. The number of aromatic nitrogens is 1. The van der Waals surface area contributed by atoms with E-state index >= 15 is 0 Å². The van der Waals surface area contributed by atoms with E-state index in [-0.39, 0.29) is 5.41 Å². The smallest absolute Gasteiger partial charge is 0.0704 e. The molecule has 0 spiro atoms. The molecule has 1 nitrogen and oxygen atoms in total. The molecule has 0 unspecified atom stereocenters. The van der Waals surface area contributed by atoms with Crippen LogP contribution in [0.4, 0.5) is 0 Å². The average molecular weight is 302 g/mol. The highest BCUT2D eigenvalue weighted by Crippen LogP contribution is 2.49. The molecular weight excluding hydrogens is 278 g/mol. The first kappa shape index (κ1) is 11.2. The molecule has 0 saturated heterocycles. The molecule has 1 heterocycles. The highest BCUT2D eigenvalue weighted by molar-refractivity contribution is 5.83. The molecule has 1 heteroatoms. The first-order chi connectivity index (χ1) is 12.2. The Morgan fingerprint density at radius 3 is 2.39 bits per heavy atom. The standard InChI is InChI=1S/C22H21N/c1-14-5-7-17-18-8-6-16(21-12-15(2)9-10-23-21)13-20(18)22(3,4)19(17)11-14/h5-13H,1-4H3/i2D3. The van der Waals surface area contributed by atoms with E-state index in [9.17, 15) is 0 Å². The van der Waals surface area contributed by atoms with E-state index in [1.54, 1.807) is 18.3 Å². The van der Waals surface area contributed by atoms with Crippen molar-refractivity contribution in [3.63, 3.8) is 0 Å². The van der Waals surface area contributed by atoms with Crippen molar-refractivity contribution in [1.82, 2.24) is 4.98 Å². The minimum Gasteiger partial charge on any atom is -0.256 e. The van der Waals surface area contributed by atoms with Gasteiger partial charge in [-0.15, -0.1) is 0 Å². The molecule has 0 fully saturated rings. The van der Waals surface area contributed by atoms with Crippen molar-refractivity contribution in [3.8, 4) is 22.4 Å². The monoisotopic (exact) mass is 302 g/mol. The highest BCUT2D eigenvalue weighted by Gasteiger charge is 2.35. The molecule has 23 heavy (non-hydrogen) atoms. The second kappa shape index (κ2) is 4.79. The summed E-state index contributed by atoms with van der Waals surface area (Å²) in [6, 6.07) is 16.2. The molecule has 3 aromatic rings. The molecular formula is C22H21N. The Balaban J connectivity index is 1.86. The zero-order chi connectivity index (χ0) is 18.7. The highest BCUT2D eigenvalue weighted by atomic mass is 14.7. The predicted molar refractivity (Wildman–Crippen MR) is 96.7 cm³/mol. The van der Waals surface area contributed by atoms with Crippen molar-refractivity contribution < 1.29 is 4.11 Å². The lowest BCUT2D eigenvalue weighted by atomic mass is 9.81. The van der Waals surface area contributed by atoms with Gasteiger partial charge in [-0.3, -0.25) is 4.98 Å². The first-order valence-electron chi connectivity index (χ1n) is 9.41. The van der Waals surface area contributed by atoms with Gasteiger partial charge < -0.3 is 0 Å². The van der Waals surface area contributed by atoms with Gasteiger partial charge in [0.15, 0.2) is 0 Å². The minimum atomic E-state index is -2.12. The van der Waals surface area contributed by atoms with Crippen LogP contribution in [0.1, 0.15) is 40.2 Å². The molecule has 0 aliphatic heterocycles. The van der Waals surface area contributed by atoms with Gasteiger partial charge >= 0.3 is 0 Å². The summed E-state index contributed by atoms with van der Waals surface area (Å²) in [4.78, 5) is 4.41. The van der Waals surface area contributed by atoms with E-state index in [1.807, 2.05) is 6.07 Å². The van der Waals surface area contributed by atoms with Gasteiger partial charge in [0.1, 0.15) is 0 Å². The number of aryl methyl sites for hydroxylation is 2. The third-order valence-electron chi connectivity index (χ3n) is 4.89. The second-order valence-corrected chi connectivity index (χ2v) is 6.86. The van der Waals surface area contributed by atoms with Crippen molar-refractivity contribution in [1.29, 1.82) is 0 Å². The molecule has 1 aliphatic rings. The molecule has 114 valence electrons. The molecule has 2 aromatic carbocycles. The normalized spacial score (nSPS) is 16.9. The molecule has 1 aromatic heterocycles. The van der Waals surface area contributed by atoms with Gasteiger partial charge in [0.25, 0.3) is 0 Å². The lowest BCUT2D eigenvalue weighted by Crippen LogP contribution is -2.15. The van der Waals surface area contributed by atoms with Crippen molar-refractivity contribution in [2.45, 2.75) is 33.0 Å². The van der Waals surface area contributed by atoms with Crippen LogP contribution < -0.4 is 0 Å². The van der Waals surface area contributed by atoms with E-state index in [1.165, 1.54) is 27.8 Å². The Morgan fingerprint density at radius 1 is 0.870 bits per heavy atom. The van der Waals surface area contributed by atoms with Crippen molar-refractivity contribution >= 4 is 0 Å². The zero-order valence-electron chi connectivity index (χ0n) is 16.6. The van der Waals surface area contributed by atoms with E-state index in [4.69, 9.17) is 4.11 Å². The third-order valence-corrected chi connectivity index (χ3v) is 4.89. The Labute approximate surface area is 142 Å². The summed E-state index contributed by atoms with van der Waals surface area (Å²) in [6.45, 7) is 4.48. The largest absolute Gasteiger partial charge is 0.256 e. The van der Waals surface area contributed by atoms with Gasteiger partial charge in [-0.2, -0.15) is 0 Å². The summed E-state index contributed by atoms with van der Waals surface area (Å²) >= 11 is 0. The van der Waals surface area contributed by atoms with Crippen LogP contribution in [0.15, 0.2) is 54.7 Å². The summed E-state index contributed by atoms with van der Waals surface area (Å²) in [5.41, 5.74) is 8.28. The van der Waals surface area contributed by atoms with Crippen LogP contribution >= 0.6 is 0 Å². The van der Waals surface area contributed by atoms with Crippen LogP contribution in [0.5, 0.6) is 0 Å². The Hall–Kier alpha value is -2.41. The molecule has 0 N–H and O–H groups in total. The molecule has 0 radical (unpaired) electrons. The van der Waals surface area contributed by atoms with Crippen LogP contribution in [0.2, 0.25) is 0 Å². The van der Waals surface area contributed by atoms with Crippen LogP contribution in [-0.4, -0.2) is 4.98 Å². The Bertz CT molecular complexity index is 1020. The Morgan fingerprint density at radius 2 is 1.61 bits per heavy atom. The van der Waals surface area contributed by atoms with Crippen molar-refractivity contribution in [2.75, 3.05) is 0 Å². The van der Waals surface area contributed by atoms with Crippen LogP contribution in [0, 0.1) is 13.8 Å². The summed E-state index contributed by atoms with van der Waals surface area (Å²) < 4.78 is 22.9. The minimum absolute atomic E-state index is 0.0890. The number of hydrogen-bond acceptors (Lipinski definition) is 1. The molecule has 0 atom stereocenters. The molecule has 0 bridgehead atoms. The number of hydrogen-bond donors (Lipinski definition) is 0. The summed E-state index contributed by atoms with van der Waals surface area (Å²) in [6.07, 6.45) is 1.58. The van der Waals surface area contributed by atoms with Crippen LogP contribution in [0.25, 0.3) is 22.4 Å². The zero-order valence-corrected chi connectivity index (χ0v) is 13.6. The Kier molecular flexibility index (Phi) is 2.33. The quantitative estimate of drug-likeness (QED) is 0.564. The summed E-state index contributed by atoms with van der Waals surface area (Å²) in [5.74, 6) is 0. The van der Waals surface area contributed by atoms with E-state index in [2.05, 4.69) is 56.1 Å². The lowest BCUT2D eigenvalue weighted by Gasteiger charge is -2.22. The van der Waals surface area contributed by atoms with Crippen LogP contribution in [-0.2, 0) is 5.41 Å². The van der Waals surface area contributed by atoms with Gasteiger partial charge in [0.05, 0.1) is 5.69 Å². The predicted octanol–water partition coefficient (Wildman–Crippen LogP) is 5.67. The average Bonchev–Trinajstić information content (AvgIpc) is 2.81. The van der Waals surface area contributed by atoms with Gasteiger partial charge in [-0.05, 0) is 59.8 Å². The number of pyridine rings is 1. The molecule has 1 aliphatic carbocycles. The van der Waals surface area contributed by atoms with Crippen LogP contribution in [0.3, 0.4) is 0 Å². The van der Waals surface area contributed by atoms with E-state index in [0.29, 0.717) is 11.3 Å². The number of nitrogens with zero attached hydrogens (tertiary/aromatic N) is 1. The van der Waals surface area contributed by atoms with Gasteiger partial charge in [0.2, 0.25) is 0 Å². The van der Waals surface area contributed by atoms with E-state index < -0.39 is 6.85 Å². The summed E-state index contributed by atoms with van der Waals surface area (Å²) in [5, 5.41) is 0. The number of rotatable bonds is 1. The van der Waals surface area contributed by atoms with Gasteiger partial charge in [-0.25, -0.2) is 0 Å². The number of benzene rings is 2. The number of fused-ring (bicyclic) bond motifs is 3. The summed E-state index contributed by atoms with van der Waals surface area (Å²) in [7, 11) is 0. The van der Waals surface area contributed by atoms with E-state index in [0.717, 1.165) is 5.56 Å². The third kappa shape index (κ3) is 2.11. The lowest BCUT2D eigenvalue weighted by molar-refractivity contribution is 0.660. The molecule has 0 amide bonds. The maximum atomic E-state index is 7.63. The van der Waals surface area contributed by atoms with Crippen molar-refractivity contribution in [3.05, 3.63) is 77.0 Å².